The summed E-state index contributed by atoms with van der Waals surface area (Å²) in [5.74, 6) is -1.98. The van der Waals surface area contributed by atoms with E-state index in [4.69, 9.17) is 0 Å². The number of amides is 3. The molecule has 2 saturated heterocycles. The number of carboxylic acids is 1. The average molecular weight is 554 g/mol. The Morgan fingerprint density at radius 2 is 1.45 bits per heavy atom. The molecule has 0 saturated carbocycles. The topological polar surface area (TPSA) is 90.4 Å². The van der Waals surface area contributed by atoms with E-state index < -0.39 is 35.6 Å². The van der Waals surface area contributed by atoms with E-state index in [9.17, 15) is 32.7 Å². The SMILES string of the molecule is O=C(O)c1ccc(CN2C(=O)N(c3ccc(OC(F)(F)F)cc3)C(=O)C23CCN(Cc2ccccc2)CC3)cc1. The summed E-state index contributed by atoms with van der Waals surface area (Å²) in [6, 6.07) is 20.0. The number of imide groups is 1. The van der Waals surface area contributed by atoms with Gasteiger partial charge >= 0.3 is 18.4 Å². The van der Waals surface area contributed by atoms with Crippen molar-refractivity contribution in [2.24, 2.45) is 0 Å². The number of nitrogens with zero attached hydrogens (tertiary/aromatic N) is 3. The van der Waals surface area contributed by atoms with Gasteiger partial charge in [-0.2, -0.15) is 0 Å². The number of carboxylic acid groups (broad SMARTS) is 1. The Labute approximate surface area is 228 Å². The van der Waals surface area contributed by atoms with Gasteiger partial charge in [-0.25, -0.2) is 14.5 Å². The summed E-state index contributed by atoms with van der Waals surface area (Å²) in [6.07, 6.45) is -4.14. The molecule has 2 heterocycles. The number of piperidine rings is 1. The fourth-order valence-electron chi connectivity index (χ4n) is 5.30. The molecule has 3 amide bonds. The van der Waals surface area contributed by atoms with Crippen LogP contribution in [-0.4, -0.2) is 57.8 Å². The second kappa shape index (κ2) is 10.6. The molecule has 0 aliphatic carbocycles. The lowest BCUT2D eigenvalue weighted by molar-refractivity contribution is -0.274. The number of hydrogen-bond acceptors (Lipinski definition) is 5. The fraction of sp³-hybridized carbons (Fsp3) is 0.276. The zero-order valence-electron chi connectivity index (χ0n) is 21.3. The van der Waals surface area contributed by atoms with Crippen LogP contribution in [0.25, 0.3) is 0 Å². The van der Waals surface area contributed by atoms with Crippen LogP contribution in [0.3, 0.4) is 0 Å². The van der Waals surface area contributed by atoms with Crippen LogP contribution >= 0.6 is 0 Å². The molecule has 0 unspecified atom stereocenters. The Balaban J connectivity index is 1.42. The van der Waals surface area contributed by atoms with E-state index in [1.54, 1.807) is 12.1 Å². The number of halogens is 3. The Morgan fingerprint density at radius 3 is 2.02 bits per heavy atom. The molecule has 40 heavy (non-hydrogen) atoms. The van der Waals surface area contributed by atoms with Crippen molar-refractivity contribution in [2.75, 3.05) is 18.0 Å². The van der Waals surface area contributed by atoms with Gasteiger partial charge in [0.2, 0.25) is 0 Å². The number of aromatic carboxylic acids is 1. The van der Waals surface area contributed by atoms with E-state index in [0.717, 1.165) is 22.6 Å². The van der Waals surface area contributed by atoms with Crippen LogP contribution in [0.1, 0.15) is 34.3 Å². The van der Waals surface area contributed by atoms with Crippen LogP contribution in [-0.2, 0) is 17.9 Å². The molecular weight excluding hydrogens is 527 g/mol. The predicted molar refractivity (Wildman–Crippen MR) is 139 cm³/mol. The van der Waals surface area contributed by atoms with Crippen molar-refractivity contribution in [3.8, 4) is 5.75 Å². The third-order valence-corrected chi connectivity index (χ3v) is 7.34. The molecule has 2 aliphatic rings. The number of carbonyl (C=O) groups excluding carboxylic acids is 2. The maximum Gasteiger partial charge on any atom is 0.573 e. The standard InChI is InChI=1S/C29H26F3N3O5/c30-29(31,32)40-24-12-10-23(11-13-24)35-26(38)28(14-16-33(17-15-28)18-20-4-2-1-3-5-20)34(27(35)39)19-21-6-8-22(9-7-21)25(36)37/h1-13H,14-19H2,(H,36,37). The predicted octanol–water partition coefficient (Wildman–Crippen LogP) is 5.29. The monoisotopic (exact) mass is 553 g/mol. The van der Waals surface area contributed by atoms with Gasteiger partial charge in [-0.3, -0.25) is 9.69 Å². The number of benzene rings is 3. The second-order valence-corrected chi connectivity index (χ2v) is 9.85. The molecule has 208 valence electrons. The summed E-state index contributed by atoms with van der Waals surface area (Å²) in [5.41, 5.74) is 0.855. The third-order valence-electron chi connectivity index (χ3n) is 7.34. The van der Waals surface area contributed by atoms with Crippen LogP contribution in [0.2, 0.25) is 0 Å². The van der Waals surface area contributed by atoms with Crippen LogP contribution < -0.4 is 9.64 Å². The van der Waals surface area contributed by atoms with Crippen molar-refractivity contribution in [1.29, 1.82) is 0 Å². The van der Waals surface area contributed by atoms with Gasteiger partial charge in [0, 0.05) is 26.2 Å². The van der Waals surface area contributed by atoms with Crippen LogP contribution in [0.15, 0.2) is 78.9 Å². The Morgan fingerprint density at radius 1 is 0.850 bits per heavy atom. The Kier molecular flexibility index (Phi) is 7.24. The highest BCUT2D eigenvalue weighted by Gasteiger charge is 2.58. The lowest BCUT2D eigenvalue weighted by Crippen LogP contribution is -2.56. The minimum atomic E-state index is -4.87. The zero-order chi connectivity index (χ0) is 28.5. The largest absolute Gasteiger partial charge is 0.573 e. The minimum Gasteiger partial charge on any atom is -0.478 e. The number of hydrogen-bond donors (Lipinski definition) is 1. The van der Waals surface area contributed by atoms with E-state index in [1.807, 2.05) is 30.3 Å². The van der Waals surface area contributed by atoms with Crippen LogP contribution in [0.4, 0.5) is 23.7 Å². The molecule has 8 nitrogen and oxygen atoms in total. The minimum absolute atomic E-state index is 0.0644. The van der Waals surface area contributed by atoms with Crippen molar-refractivity contribution in [2.45, 2.75) is 37.8 Å². The number of carbonyl (C=O) groups is 3. The van der Waals surface area contributed by atoms with Gasteiger partial charge in [0.05, 0.1) is 11.3 Å². The molecule has 0 aromatic heterocycles. The molecule has 11 heteroatoms. The lowest BCUT2D eigenvalue weighted by Gasteiger charge is -2.42. The molecule has 1 N–H and O–H groups in total. The first-order valence-corrected chi connectivity index (χ1v) is 12.7. The van der Waals surface area contributed by atoms with E-state index in [-0.39, 0.29) is 17.8 Å². The summed E-state index contributed by atoms with van der Waals surface area (Å²) < 4.78 is 41.8. The van der Waals surface area contributed by atoms with E-state index in [0.29, 0.717) is 38.0 Å². The maximum absolute atomic E-state index is 14.0. The molecular formula is C29H26F3N3O5. The Bertz CT molecular complexity index is 1390. The smallest absolute Gasteiger partial charge is 0.478 e. The van der Waals surface area contributed by atoms with E-state index in [1.165, 1.54) is 29.2 Å². The van der Waals surface area contributed by atoms with Gasteiger partial charge in [-0.1, -0.05) is 42.5 Å². The van der Waals surface area contributed by atoms with Gasteiger partial charge in [-0.05, 0) is 60.4 Å². The molecule has 5 rings (SSSR count). The van der Waals surface area contributed by atoms with Crippen molar-refractivity contribution < 1.29 is 37.4 Å². The van der Waals surface area contributed by atoms with E-state index >= 15 is 0 Å². The highest BCUT2D eigenvalue weighted by molar-refractivity contribution is 6.23. The van der Waals surface area contributed by atoms with Gasteiger partial charge in [-0.15, -0.1) is 13.2 Å². The number of likely N-dealkylation sites (tertiary alicyclic amines) is 1. The number of anilines is 1. The highest BCUT2D eigenvalue weighted by atomic mass is 19.4. The quantitative estimate of drug-likeness (QED) is 0.400. The van der Waals surface area contributed by atoms with Crippen molar-refractivity contribution in [3.63, 3.8) is 0 Å². The number of urea groups is 1. The number of alkyl halides is 3. The van der Waals surface area contributed by atoms with Gasteiger partial charge in [0.25, 0.3) is 5.91 Å². The average Bonchev–Trinajstić information content (AvgIpc) is 3.11. The van der Waals surface area contributed by atoms with Crippen LogP contribution in [0, 0.1) is 0 Å². The lowest BCUT2D eigenvalue weighted by atomic mass is 9.85. The molecule has 3 aromatic carbocycles. The summed E-state index contributed by atoms with van der Waals surface area (Å²) in [7, 11) is 0. The number of rotatable bonds is 7. The summed E-state index contributed by atoms with van der Waals surface area (Å²) in [5, 5.41) is 9.22. The Hall–Kier alpha value is -4.38. The normalized spacial score (nSPS) is 17.5. The highest BCUT2D eigenvalue weighted by Crippen LogP contribution is 2.41. The first-order valence-electron chi connectivity index (χ1n) is 12.7. The molecule has 2 aliphatic heterocycles. The van der Waals surface area contributed by atoms with Crippen molar-refractivity contribution in [3.05, 3.63) is 95.6 Å². The van der Waals surface area contributed by atoms with Gasteiger partial charge in [0.1, 0.15) is 11.3 Å². The van der Waals surface area contributed by atoms with Gasteiger partial charge < -0.3 is 14.7 Å². The summed E-state index contributed by atoms with van der Waals surface area (Å²) in [6.45, 7) is 1.86. The second-order valence-electron chi connectivity index (χ2n) is 9.85. The molecule has 1 spiro atoms. The van der Waals surface area contributed by atoms with Crippen molar-refractivity contribution >= 4 is 23.6 Å². The molecule has 2 fully saturated rings. The van der Waals surface area contributed by atoms with Crippen molar-refractivity contribution in [1.82, 2.24) is 9.80 Å². The molecule has 0 atom stereocenters. The first-order chi connectivity index (χ1) is 19.1. The van der Waals surface area contributed by atoms with Gasteiger partial charge in [0.15, 0.2) is 0 Å². The van der Waals surface area contributed by atoms with E-state index in [2.05, 4.69) is 9.64 Å². The fourth-order valence-corrected chi connectivity index (χ4v) is 5.30. The summed E-state index contributed by atoms with van der Waals surface area (Å²) in [4.78, 5) is 43.7. The maximum atomic E-state index is 14.0. The van der Waals surface area contributed by atoms with Crippen LogP contribution in [0.5, 0.6) is 5.75 Å². The molecule has 3 aromatic rings. The third kappa shape index (κ3) is 5.50. The zero-order valence-corrected chi connectivity index (χ0v) is 21.3. The molecule has 0 bridgehead atoms. The number of ether oxygens (including phenoxy) is 1. The summed E-state index contributed by atoms with van der Waals surface area (Å²) >= 11 is 0. The molecule has 0 radical (unpaired) electrons. The first kappa shape index (κ1) is 27.2.